The molecular formula is C10H20N2O2. The van der Waals surface area contributed by atoms with Crippen LogP contribution in [0.2, 0.25) is 0 Å². The van der Waals surface area contributed by atoms with Crippen molar-refractivity contribution < 1.29 is 9.53 Å². The Balaban J connectivity index is 2.19. The molecule has 14 heavy (non-hydrogen) atoms. The fourth-order valence-corrected chi connectivity index (χ4v) is 1.41. The Bertz CT molecular complexity index is 210. The first kappa shape index (κ1) is 11.5. The summed E-state index contributed by atoms with van der Waals surface area (Å²) in [6, 6.07) is 0.485. The first-order chi connectivity index (χ1) is 6.45. The van der Waals surface area contributed by atoms with Crippen LogP contribution in [0.15, 0.2) is 0 Å². The predicted octanol–water partition coefficient (Wildman–Crippen LogP) is 0.265. The van der Waals surface area contributed by atoms with Crippen molar-refractivity contribution in [3.63, 3.8) is 0 Å². The van der Waals surface area contributed by atoms with Gasteiger partial charge in [0.1, 0.15) is 0 Å². The minimum absolute atomic E-state index is 0.257. The topological polar surface area (TPSA) is 64.3 Å². The maximum Gasteiger partial charge on any atom is 0.224 e. The number of hydrogen-bond donors (Lipinski definition) is 2. The van der Waals surface area contributed by atoms with Gasteiger partial charge in [-0.2, -0.15) is 0 Å². The minimum atomic E-state index is -0.460. The summed E-state index contributed by atoms with van der Waals surface area (Å²) in [4.78, 5) is 11.0. The standard InChI is InChI=1S/C10H20N2O2/c1-10(2,9(11)13)6-12-7-4-8(5-7)14-3/h7-8,12H,4-6H2,1-3H3,(H2,11,13). The van der Waals surface area contributed by atoms with Crippen LogP contribution in [-0.2, 0) is 9.53 Å². The lowest BCUT2D eigenvalue weighted by molar-refractivity contribution is -0.126. The van der Waals surface area contributed by atoms with E-state index in [0.717, 1.165) is 12.8 Å². The monoisotopic (exact) mass is 200 g/mol. The lowest BCUT2D eigenvalue weighted by atomic mass is 9.86. The van der Waals surface area contributed by atoms with Crippen LogP contribution < -0.4 is 11.1 Å². The summed E-state index contributed by atoms with van der Waals surface area (Å²) in [6.45, 7) is 4.35. The van der Waals surface area contributed by atoms with Crippen LogP contribution in [0.25, 0.3) is 0 Å². The highest BCUT2D eigenvalue weighted by atomic mass is 16.5. The second-order valence-corrected chi connectivity index (χ2v) is 4.66. The molecule has 1 saturated carbocycles. The molecule has 1 amide bonds. The summed E-state index contributed by atoms with van der Waals surface area (Å²) in [5, 5.41) is 3.32. The SMILES string of the molecule is COC1CC(NCC(C)(C)C(N)=O)C1. The van der Waals surface area contributed by atoms with Crippen molar-refractivity contribution in [1.82, 2.24) is 5.32 Å². The van der Waals surface area contributed by atoms with E-state index in [2.05, 4.69) is 5.32 Å². The molecule has 0 unspecified atom stereocenters. The molecule has 82 valence electrons. The molecule has 1 fully saturated rings. The molecule has 0 spiro atoms. The highest BCUT2D eigenvalue weighted by Crippen LogP contribution is 2.23. The number of hydrogen-bond acceptors (Lipinski definition) is 3. The number of carbonyl (C=O) groups excluding carboxylic acids is 1. The van der Waals surface area contributed by atoms with Gasteiger partial charge in [0.2, 0.25) is 5.91 Å². The largest absolute Gasteiger partial charge is 0.381 e. The van der Waals surface area contributed by atoms with Crippen molar-refractivity contribution >= 4 is 5.91 Å². The van der Waals surface area contributed by atoms with Gasteiger partial charge in [-0.05, 0) is 26.7 Å². The third-order valence-electron chi connectivity index (χ3n) is 2.93. The van der Waals surface area contributed by atoms with Crippen LogP contribution in [0.4, 0.5) is 0 Å². The zero-order valence-electron chi connectivity index (χ0n) is 9.17. The van der Waals surface area contributed by atoms with E-state index in [1.807, 2.05) is 13.8 Å². The first-order valence-electron chi connectivity index (χ1n) is 5.02. The number of ether oxygens (including phenoxy) is 1. The number of nitrogens with one attached hydrogen (secondary N) is 1. The van der Waals surface area contributed by atoms with Gasteiger partial charge in [-0.25, -0.2) is 0 Å². The Morgan fingerprint density at radius 1 is 1.57 bits per heavy atom. The maximum atomic E-state index is 11.0. The molecular weight excluding hydrogens is 180 g/mol. The van der Waals surface area contributed by atoms with Gasteiger partial charge in [0.05, 0.1) is 11.5 Å². The van der Waals surface area contributed by atoms with E-state index in [9.17, 15) is 4.79 Å². The van der Waals surface area contributed by atoms with Gasteiger partial charge in [-0.15, -0.1) is 0 Å². The number of rotatable bonds is 5. The van der Waals surface area contributed by atoms with Crippen LogP contribution in [-0.4, -0.2) is 31.7 Å². The van der Waals surface area contributed by atoms with E-state index in [4.69, 9.17) is 10.5 Å². The molecule has 0 bridgehead atoms. The normalized spacial score (nSPS) is 27.1. The van der Waals surface area contributed by atoms with Crippen LogP contribution in [0.5, 0.6) is 0 Å². The van der Waals surface area contributed by atoms with Crippen molar-refractivity contribution in [2.75, 3.05) is 13.7 Å². The van der Waals surface area contributed by atoms with E-state index in [-0.39, 0.29) is 5.91 Å². The zero-order valence-corrected chi connectivity index (χ0v) is 9.17. The second kappa shape index (κ2) is 4.28. The second-order valence-electron chi connectivity index (χ2n) is 4.66. The number of methoxy groups -OCH3 is 1. The Hall–Kier alpha value is -0.610. The number of carbonyl (C=O) groups is 1. The smallest absolute Gasteiger partial charge is 0.224 e. The molecule has 0 aromatic rings. The van der Waals surface area contributed by atoms with Gasteiger partial charge in [-0.1, -0.05) is 0 Å². The van der Waals surface area contributed by atoms with E-state index in [0.29, 0.717) is 18.7 Å². The molecule has 0 aromatic heterocycles. The molecule has 1 aliphatic rings. The molecule has 4 heteroatoms. The van der Waals surface area contributed by atoms with Gasteiger partial charge in [-0.3, -0.25) is 4.79 Å². The average molecular weight is 200 g/mol. The fourth-order valence-electron chi connectivity index (χ4n) is 1.41. The first-order valence-corrected chi connectivity index (χ1v) is 5.02. The third kappa shape index (κ3) is 2.69. The molecule has 0 heterocycles. The molecule has 0 atom stereocenters. The highest BCUT2D eigenvalue weighted by molar-refractivity contribution is 5.80. The van der Waals surface area contributed by atoms with E-state index >= 15 is 0 Å². The van der Waals surface area contributed by atoms with E-state index in [1.54, 1.807) is 7.11 Å². The molecule has 0 aliphatic heterocycles. The van der Waals surface area contributed by atoms with Crippen molar-refractivity contribution in [3.05, 3.63) is 0 Å². The van der Waals surface area contributed by atoms with Gasteiger partial charge in [0, 0.05) is 19.7 Å². The Labute approximate surface area is 85.2 Å². The predicted molar refractivity (Wildman–Crippen MR) is 54.8 cm³/mol. The summed E-state index contributed by atoms with van der Waals surface area (Å²) in [6.07, 6.45) is 2.46. The van der Waals surface area contributed by atoms with Crippen LogP contribution in [0.3, 0.4) is 0 Å². The van der Waals surface area contributed by atoms with Gasteiger partial charge in [0.25, 0.3) is 0 Å². The average Bonchev–Trinajstić information content (AvgIpc) is 2.01. The van der Waals surface area contributed by atoms with Crippen LogP contribution in [0, 0.1) is 5.41 Å². The molecule has 3 N–H and O–H groups in total. The highest BCUT2D eigenvalue weighted by Gasteiger charge is 2.31. The number of primary amides is 1. The zero-order chi connectivity index (χ0) is 10.8. The summed E-state index contributed by atoms with van der Waals surface area (Å²) < 4.78 is 5.16. The summed E-state index contributed by atoms with van der Waals surface area (Å²) >= 11 is 0. The van der Waals surface area contributed by atoms with E-state index < -0.39 is 5.41 Å². The number of amides is 1. The molecule has 0 radical (unpaired) electrons. The molecule has 4 nitrogen and oxygen atoms in total. The maximum absolute atomic E-state index is 11.0. The van der Waals surface area contributed by atoms with Crippen molar-refractivity contribution in [2.24, 2.45) is 11.1 Å². The van der Waals surface area contributed by atoms with Gasteiger partial charge < -0.3 is 15.8 Å². The third-order valence-corrected chi connectivity index (χ3v) is 2.93. The van der Waals surface area contributed by atoms with Crippen molar-refractivity contribution in [1.29, 1.82) is 0 Å². The molecule has 0 aromatic carbocycles. The fraction of sp³-hybridized carbons (Fsp3) is 0.900. The van der Waals surface area contributed by atoms with Crippen molar-refractivity contribution in [3.8, 4) is 0 Å². The molecule has 1 aliphatic carbocycles. The summed E-state index contributed by atoms with van der Waals surface area (Å²) in [7, 11) is 1.73. The summed E-state index contributed by atoms with van der Waals surface area (Å²) in [5.41, 5.74) is 4.81. The van der Waals surface area contributed by atoms with Gasteiger partial charge >= 0.3 is 0 Å². The lowest BCUT2D eigenvalue weighted by Gasteiger charge is -2.36. The summed E-state index contributed by atoms with van der Waals surface area (Å²) in [5.74, 6) is -0.257. The molecule has 1 rings (SSSR count). The Kier molecular flexibility index (Phi) is 3.50. The Morgan fingerprint density at radius 2 is 2.14 bits per heavy atom. The lowest BCUT2D eigenvalue weighted by Crippen LogP contribution is -2.50. The number of nitrogens with two attached hydrogens (primary N) is 1. The van der Waals surface area contributed by atoms with Crippen LogP contribution in [0.1, 0.15) is 26.7 Å². The van der Waals surface area contributed by atoms with Crippen molar-refractivity contribution in [2.45, 2.75) is 38.8 Å². The van der Waals surface area contributed by atoms with Crippen LogP contribution >= 0.6 is 0 Å². The van der Waals surface area contributed by atoms with Gasteiger partial charge in [0.15, 0.2) is 0 Å². The van der Waals surface area contributed by atoms with E-state index in [1.165, 1.54) is 0 Å². The molecule has 0 saturated heterocycles. The Morgan fingerprint density at radius 3 is 2.57 bits per heavy atom. The quantitative estimate of drug-likeness (QED) is 0.669. The minimum Gasteiger partial charge on any atom is -0.381 e.